The molecular formula is C24H37F2NO5. The second-order valence-electron chi connectivity index (χ2n) is 9.24. The SMILES string of the molecule is CCC(CC)[C@@H](Oc1cc(F)ccc1F)[C@H](C)OC(=O)[C@@H](NC(=O)OC(C)(C)C)C(C)C. The number of rotatable bonds is 10. The molecule has 1 rings (SSSR count). The van der Waals surface area contributed by atoms with Crippen LogP contribution in [-0.2, 0) is 14.3 Å². The highest BCUT2D eigenvalue weighted by molar-refractivity contribution is 5.81. The molecule has 1 aromatic rings. The van der Waals surface area contributed by atoms with Gasteiger partial charge < -0.3 is 19.5 Å². The minimum Gasteiger partial charge on any atom is -0.483 e. The summed E-state index contributed by atoms with van der Waals surface area (Å²) in [6.45, 7) is 14.2. The third-order valence-corrected chi connectivity index (χ3v) is 5.03. The van der Waals surface area contributed by atoms with Gasteiger partial charge in [-0.25, -0.2) is 18.4 Å². The number of carbonyl (C=O) groups excluding carboxylic acids is 2. The van der Waals surface area contributed by atoms with Crippen molar-refractivity contribution in [2.45, 2.75) is 92.1 Å². The molecule has 182 valence electrons. The van der Waals surface area contributed by atoms with E-state index in [1.54, 1.807) is 41.5 Å². The molecular weight excluding hydrogens is 420 g/mol. The fourth-order valence-electron chi connectivity index (χ4n) is 3.30. The Kier molecular flexibility index (Phi) is 10.4. The van der Waals surface area contributed by atoms with Crippen LogP contribution in [0, 0.1) is 23.5 Å². The lowest BCUT2D eigenvalue weighted by Crippen LogP contribution is -2.49. The van der Waals surface area contributed by atoms with E-state index in [1.807, 2.05) is 13.8 Å². The van der Waals surface area contributed by atoms with Gasteiger partial charge in [0.15, 0.2) is 11.6 Å². The predicted octanol–water partition coefficient (Wildman–Crippen LogP) is 5.63. The van der Waals surface area contributed by atoms with E-state index >= 15 is 0 Å². The molecule has 1 aromatic carbocycles. The molecule has 0 unspecified atom stereocenters. The Hall–Kier alpha value is -2.38. The van der Waals surface area contributed by atoms with E-state index in [9.17, 15) is 18.4 Å². The number of halogens is 2. The van der Waals surface area contributed by atoms with Gasteiger partial charge in [0.25, 0.3) is 0 Å². The van der Waals surface area contributed by atoms with Crippen LogP contribution >= 0.6 is 0 Å². The second kappa shape index (κ2) is 12.0. The third kappa shape index (κ3) is 8.63. The second-order valence-corrected chi connectivity index (χ2v) is 9.24. The molecule has 1 N–H and O–H groups in total. The number of amides is 1. The van der Waals surface area contributed by atoms with Crippen LogP contribution in [0.3, 0.4) is 0 Å². The Morgan fingerprint density at radius 3 is 2.16 bits per heavy atom. The standard InChI is InChI=1S/C24H37F2NO5/c1-9-16(10-2)21(31-19-13-17(25)11-12-18(19)26)15(5)30-22(28)20(14(3)4)27-23(29)32-24(6,7)8/h11-16,20-21H,9-10H2,1-8H3,(H,27,29)/t15-,20-,21-/m0/s1. The Labute approximate surface area is 190 Å². The normalized spacial score (nSPS) is 14.6. The van der Waals surface area contributed by atoms with Crippen molar-refractivity contribution < 1.29 is 32.6 Å². The van der Waals surface area contributed by atoms with Gasteiger partial charge in [-0.1, -0.05) is 27.7 Å². The maximum Gasteiger partial charge on any atom is 0.408 e. The summed E-state index contributed by atoms with van der Waals surface area (Å²) in [5, 5.41) is 2.55. The zero-order chi connectivity index (χ0) is 24.6. The first-order valence-electron chi connectivity index (χ1n) is 11.1. The van der Waals surface area contributed by atoms with Crippen molar-refractivity contribution in [2.24, 2.45) is 11.8 Å². The first-order valence-corrected chi connectivity index (χ1v) is 11.1. The summed E-state index contributed by atoms with van der Waals surface area (Å²) < 4.78 is 44.5. The first-order chi connectivity index (χ1) is 14.8. The summed E-state index contributed by atoms with van der Waals surface area (Å²) >= 11 is 0. The predicted molar refractivity (Wildman–Crippen MR) is 118 cm³/mol. The van der Waals surface area contributed by atoms with Crippen LogP contribution < -0.4 is 10.1 Å². The van der Waals surface area contributed by atoms with Crippen molar-refractivity contribution in [1.29, 1.82) is 0 Å². The van der Waals surface area contributed by atoms with Crippen molar-refractivity contribution >= 4 is 12.1 Å². The van der Waals surface area contributed by atoms with Crippen molar-refractivity contribution in [1.82, 2.24) is 5.32 Å². The van der Waals surface area contributed by atoms with Gasteiger partial charge in [-0.3, -0.25) is 0 Å². The fraction of sp³-hybridized carbons (Fsp3) is 0.667. The Balaban J connectivity index is 3.03. The highest BCUT2D eigenvalue weighted by atomic mass is 19.1. The molecule has 3 atom stereocenters. The van der Waals surface area contributed by atoms with E-state index in [4.69, 9.17) is 14.2 Å². The molecule has 0 radical (unpaired) electrons. The first kappa shape index (κ1) is 27.7. The number of carbonyl (C=O) groups is 2. The molecule has 32 heavy (non-hydrogen) atoms. The van der Waals surface area contributed by atoms with Crippen molar-refractivity contribution in [3.8, 4) is 5.75 Å². The zero-order valence-corrected chi connectivity index (χ0v) is 20.3. The lowest BCUT2D eigenvalue weighted by atomic mass is 9.93. The smallest absolute Gasteiger partial charge is 0.408 e. The average Bonchev–Trinajstić information content (AvgIpc) is 2.67. The number of nitrogens with one attached hydrogen (secondary N) is 1. The van der Waals surface area contributed by atoms with Crippen LogP contribution in [0.4, 0.5) is 13.6 Å². The lowest BCUT2D eigenvalue weighted by Gasteiger charge is -2.32. The van der Waals surface area contributed by atoms with Gasteiger partial charge in [0.05, 0.1) is 0 Å². The molecule has 0 saturated carbocycles. The van der Waals surface area contributed by atoms with Crippen LogP contribution in [0.1, 0.15) is 68.2 Å². The number of alkyl carbamates (subject to hydrolysis) is 1. The molecule has 0 spiro atoms. The summed E-state index contributed by atoms with van der Waals surface area (Å²) in [7, 11) is 0. The summed E-state index contributed by atoms with van der Waals surface area (Å²) in [5.41, 5.74) is -0.716. The zero-order valence-electron chi connectivity index (χ0n) is 20.3. The monoisotopic (exact) mass is 457 g/mol. The lowest BCUT2D eigenvalue weighted by molar-refractivity contribution is -0.158. The minimum atomic E-state index is -0.944. The van der Waals surface area contributed by atoms with Crippen molar-refractivity contribution in [3.05, 3.63) is 29.8 Å². The summed E-state index contributed by atoms with van der Waals surface area (Å²) in [6, 6.07) is 2.03. The average molecular weight is 458 g/mol. The van der Waals surface area contributed by atoms with Crippen molar-refractivity contribution in [2.75, 3.05) is 0 Å². The van der Waals surface area contributed by atoms with Crippen molar-refractivity contribution in [3.63, 3.8) is 0 Å². The number of esters is 1. The highest BCUT2D eigenvalue weighted by Gasteiger charge is 2.34. The summed E-state index contributed by atoms with van der Waals surface area (Å²) in [5.74, 6) is -2.56. The van der Waals surface area contributed by atoms with E-state index in [0.29, 0.717) is 12.8 Å². The van der Waals surface area contributed by atoms with Gasteiger partial charge in [-0.15, -0.1) is 0 Å². The largest absolute Gasteiger partial charge is 0.483 e. The summed E-state index contributed by atoms with van der Waals surface area (Å²) in [6.07, 6.45) is -0.847. The number of benzene rings is 1. The molecule has 6 nitrogen and oxygen atoms in total. The topological polar surface area (TPSA) is 73.9 Å². The Morgan fingerprint density at radius 2 is 1.66 bits per heavy atom. The molecule has 0 saturated heterocycles. The van der Waals surface area contributed by atoms with Gasteiger partial charge >= 0.3 is 12.1 Å². The van der Waals surface area contributed by atoms with Crippen LogP contribution in [0.2, 0.25) is 0 Å². The van der Waals surface area contributed by atoms with Crippen LogP contribution in [0.25, 0.3) is 0 Å². The van der Waals surface area contributed by atoms with Crippen LogP contribution in [0.15, 0.2) is 18.2 Å². The molecule has 0 aliphatic rings. The van der Waals surface area contributed by atoms with Gasteiger partial charge in [-0.2, -0.15) is 0 Å². The van der Waals surface area contributed by atoms with Crippen LogP contribution in [-0.4, -0.2) is 35.9 Å². The quantitative estimate of drug-likeness (QED) is 0.461. The molecule has 0 fully saturated rings. The molecule has 8 heteroatoms. The Bertz CT molecular complexity index is 759. The summed E-state index contributed by atoms with van der Waals surface area (Å²) in [4.78, 5) is 25.1. The van der Waals surface area contributed by atoms with E-state index in [0.717, 1.165) is 18.2 Å². The van der Waals surface area contributed by atoms with E-state index in [2.05, 4.69) is 5.32 Å². The number of ether oxygens (including phenoxy) is 3. The number of hydrogen-bond donors (Lipinski definition) is 1. The van der Waals surface area contributed by atoms with E-state index in [-0.39, 0.29) is 17.6 Å². The minimum absolute atomic E-state index is 0.0724. The molecule has 0 aliphatic carbocycles. The van der Waals surface area contributed by atoms with E-state index < -0.39 is 47.5 Å². The van der Waals surface area contributed by atoms with Gasteiger partial charge in [0, 0.05) is 6.07 Å². The van der Waals surface area contributed by atoms with Gasteiger partial charge in [0.1, 0.15) is 29.7 Å². The number of hydrogen-bond acceptors (Lipinski definition) is 5. The molecule has 0 bridgehead atoms. The molecule has 1 amide bonds. The third-order valence-electron chi connectivity index (χ3n) is 5.03. The van der Waals surface area contributed by atoms with Gasteiger partial charge in [0.2, 0.25) is 0 Å². The van der Waals surface area contributed by atoms with Gasteiger partial charge in [-0.05, 0) is 64.5 Å². The molecule has 0 aliphatic heterocycles. The molecule has 0 aromatic heterocycles. The highest BCUT2D eigenvalue weighted by Crippen LogP contribution is 2.27. The Morgan fingerprint density at radius 1 is 1.06 bits per heavy atom. The maximum absolute atomic E-state index is 14.2. The maximum atomic E-state index is 14.2. The van der Waals surface area contributed by atoms with E-state index in [1.165, 1.54) is 0 Å². The molecule has 0 heterocycles. The van der Waals surface area contributed by atoms with Crippen LogP contribution in [0.5, 0.6) is 5.75 Å². The fourth-order valence-corrected chi connectivity index (χ4v) is 3.30.